The smallest absolute Gasteiger partial charge is 0.263 e. The van der Waals surface area contributed by atoms with E-state index in [0.29, 0.717) is 22.9 Å². The molecule has 0 atom stereocenters. The molecule has 0 aliphatic heterocycles. The van der Waals surface area contributed by atoms with Crippen LogP contribution in [0.1, 0.15) is 0 Å². The van der Waals surface area contributed by atoms with Gasteiger partial charge in [0.25, 0.3) is 5.91 Å². The Morgan fingerprint density at radius 1 is 1.00 bits per heavy atom. The van der Waals surface area contributed by atoms with Crippen molar-refractivity contribution in [1.82, 2.24) is 4.98 Å². The molecule has 0 saturated carbocycles. The van der Waals surface area contributed by atoms with Crippen molar-refractivity contribution in [2.45, 2.75) is 0 Å². The average molecular weight is 337 g/mol. The molecule has 25 heavy (non-hydrogen) atoms. The van der Waals surface area contributed by atoms with Crippen LogP contribution in [0.3, 0.4) is 0 Å². The topological polar surface area (TPSA) is 63.2 Å². The average Bonchev–Trinajstić information content (AvgIpc) is 2.63. The number of anilines is 3. The van der Waals surface area contributed by atoms with Gasteiger partial charge in [0.1, 0.15) is 17.4 Å². The van der Waals surface area contributed by atoms with E-state index in [0.717, 1.165) is 0 Å². The fourth-order valence-corrected chi connectivity index (χ4v) is 2.12. The summed E-state index contributed by atoms with van der Waals surface area (Å²) in [6, 6.07) is 18.6. The molecule has 2 aromatic carbocycles. The van der Waals surface area contributed by atoms with Gasteiger partial charge in [0.15, 0.2) is 6.61 Å². The quantitative estimate of drug-likeness (QED) is 0.714. The Labute approximate surface area is 144 Å². The Balaban J connectivity index is 1.52. The molecule has 6 heteroatoms. The molecule has 3 rings (SSSR count). The predicted molar refractivity (Wildman–Crippen MR) is 94.5 cm³/mol. The molecule has 5 nitrogen and oxygen atoms in total. The van der Waals surface area contributed by atoms with E-state index in [1.807, 2.05) is 18.2 Å². The van der Waals surface area contributed by atoms with Crippen molar-refractivity contribution in [1.29, 1.82) is 0 Å². The molecular weight excluding hydrogens is 321 g/mol. The first-order valence-corrected chi connectivity index (χ1v) is 7.65. The summed E-state index contributed by atoms with van der Waals surface area (Å²) >= 11 is 0. The molecule has 3 aromatic rings. The minimum atomic E-state index is -0.319. The van der Waals surface area contributed by atoms with Gasteiger partial charge in [-0.3, -0.25) is 4.79 Å². The first-order chi connectivity index (χ1) is 12.2. The predicted octanol–water partition coefficient (Wildman–Crippen LogP) is 3.98. The lowest BCUT2D eigenvalue weighted by Crippen LogP contribution is -2.20. The van der Waals surface area contributed by atoms with Gasteiger partial charge in [0.2, 0.25) is 0 Å². The maximum Gasteiger partial charge on any atom is 0.263 e. The number of aromatic nitrogens is 1. The number of ether oxygens (including phenoxy) is 1. The second kappa shape index (κ2) is 7.92. The van der Waals surface area contributed by atoms with Crippen LogP contribution in [-0.2, 0) is 4.79 Å². The van der Waals surface area contributed by atoms with Crippen molar-refractivity contribution < 1.29 is 13.9 Å². The molecule has 0 aliphatic rings. The van der Waals surface area contributed by atoms with E-state index >= 15 is 0 Å². The molecule has 0 saturated heterocycles. The number of benzene rings is 2. The Morgan fingerprint density at radius 2 is 1.84 bits per heavy atom. The third kappa shape index (κ3) is 5.04. The zero-order chi connectivity index (χ0) is 17.5. The molecule has 0 fully saturated rings. The number of amides is 1. The number of para-hydroxylation sites is 1. The lowest BCUT2D eigenvalue weighted by Gasteiger charge is -2.09. The summed E-state index contributed by atoms with van der Waals surface area (Å²) in [6.45, 7) is -0.102. The van der Waals surface area contributed by atoms with Crippen molar-refractivity contribution in [3.05, 3.63) is 78.7 Å². The Morgan fingerprint density at radius 3 is 2.56 bits per heavy atom. The zero-order valence-corrected chi connectivity index (χ0v) is 13.3. The van der Waals surface area contributed by atoms with Crippen molar-refractivity contribution in [2.75, 3.05) is 17.2 Å². The van der Waals surface area contributed by atoms with Gasteiger partial charge in [0, 0.05) is 5.69 Å². The van der Waals surface area contributed by atoms with Crippen LogP contribution in [-0.4, -0.2) is 17.5 Å². The highest BCUT2D eigenvalue weighted by Crippen LogP contribution is 2.17. The zero-order valence-electron chi connectivity index (χ0n) is 13.3. The normalized spacial score (nSPS) is 10.1. The maximum atomic E-state index is 13.2. The van der Waals surface area contributed by atoms with Gasteiger partial charge in [-0.2, -0.15) is 0 Å². The van der Waals surface area contributed by atoms with Crippen LogP contribution in [0.5, 0.6) is 5.75 Å². The number of nitrogens with one attached hydrogen (secondary N) is 2. The molecule has 0 spiro atoms. The number of pyridine rings is 1. The first kappa shape index (κ1) is 16.4. The third-order valence-electron chi connectivity index (χ3n) is 3.26. The molecule has 1 heterocycles. The lowest BCUT2D eigenvalue weighted by atomic mass is 10.3. The third-order valence-corrected chi connectivity index (χ3v) is 3.26. The number of hydrogen-bond acceptors (Lipinski definition) is 4. The summed E-state index contributed by atoms with van der Waals surface area (Å²) in [5, 5.41) is 5.68. The van der Waals surface area contributed by atoms with Gasteiger partial charge in [-0.25, -0.2) is 9.37 Å². The Bertz CT molecular complexity index is 839. The van der Waals surface area contributed by atoms with E-state index < -0.39 is 0 Å². The van der Waals surface area contributed by atoms with Crippen LogP contribution in [0.15, 0.2) is 72.9 Å². The molecule has 0 radical (unpaired) electrons. The van der Waals surface area contributed by atoms with E-state index in [1.54, 1.807) is 42.6 Å². The van der Waals surface area contributed by atoms with Crippen molar-refractivity contribution in [3.8, 4) is 5.75 Å². The number of halogens is 1. The first-order valence-electron chi connectivity index (χ1n) is 7.65. The fourth-order valence-electron chi connectivity index (χ4n) is 2.12. The van der Waals surface area contributed by atoms with E-state index in [2.05, 4.69) is 15.6 Å². The summed E-state index contributed by atoms with van der Waals surface area (Å²) in [4.78, 5) is 16.0. The minimum Gasteiger partial charge on any atom is -0.484 e. The van der Waals surface area contributed by atoms with Crippen LogP contribution < -0.4 is 15.4 Å². The molecular formula is C19H16FN3O2. The van der Waals surface area contributed by atoms with Crippen LogP contribution in [0.25, 0.3) is 0 Å². The molecule has 126 valence electrons. The summed E-state index contributed by atoms with van der Waals surface area (Å²) in [5.41, 5.74) is 1.30. The molecule has 0 bridgehead atoms. The number of carbonyl (C=O) groups excluding carboxylic acids is 1. The van der Waals surface area contributed by atoms with Gasteiger partial charge in [-0.05, 0) is 42.5 Å². The van der Waals surface area contributed by atoms with Crippen molar-refractivity contribution in [2.24, 2.45) is 0 Å². The number of nitrogens with zero attached hydrogens (tertiary/aromatic N) is 1. The largest absolute Gasteiger partial charge is 0.484 e. The van der Waals surface area contributed by atoms with E-state index in [1.165, 1.54) is 12.1 Å². The van der Waals surface area contributed by atoms with E-state index in [-0.39, 0.29) is 18.3 Å². The Hall–Kier alpha value is -3.41. The highest BCUT2D eigenvalue weighted by molar-refractivity contribution is 5.91. The summed E-state index contributed by atoms with van der Waals surface area (Å²) in [5.74, 6) is 0.411. The van der Waals surface area contributed by atoms with Crippen LogP contribution in [0, 0.1) is 5.82 Å². The van der Waals surface area contributed by atoms with Gasteiger partial charge < -0.3 is 15.4 Å². The van der Waals surface area contributed by atoms with Crippen LogP contribution >= 0.6 is 0 Å². The van der Waals surface area contributed by atoms with Crippen molar-refractivity contribution in [3.63, 3.8) is 0 Å². The lowest BCUT2D eigenvalue weighted by molar-refractivity contribution is -0.118. The highest BCUT2D eigenvalue weighted by atomic mass is 19.1. The van der Waals surface area contributed by atoms with E-state index in [4.69, 9.17) is 4.74 Å². The van der Waals surface area contributed by atoms with Crippen LogP contribution in [0.4, 0.5) is 21.6 Å². The van der Waals surface area contributed by atoms with Crippen LogP contribution in [0.2, 0.25) is 0 Å². The van der Waals surface area contributed by atoms with Gasteiger partial charge in [-0.15, -0.1) is 0 Å². The molecule has 0 aliphatic carbocycles. The maximum absolute atomic E-state index is 13.2. The molecule has 1 amide bonds. The minimum absolute atomic E-state index is 0.102. The number of hydrogen-bond donors (Lipinski definition) is 2. The fraction of sp³-hybridized carbons (Fsp3) is 0.0526. The van der Waals surface area contributed by atoms with Gasteiger partial charge >= 0.3 is 0 Å². The van der Waals surface area contributed by atoms with Gasteiger partial charge in [-0.1, -0.05) is 24.3 Å². The van der Waals surface area contributed by atoms with Crippen molar-refractivity contribution >= 4 is 23.1 Å². The second-order valence-corrected chi connectivity index (χ2v) is 5.22. The molecule has 1 aromatic heterocycles. The summed E-state index contributed by atoms with van der Waals surface area (Å²) < 4.78 is 18.5. The molecule has 0 unspecified atom stereocenters. The molecule has 2 N–H and O–H groups in total. The Kier molecular flexibility index (Phi) is 5.21. The van der Waals surface area contributed by atoms with E-state index in [9.17, 15) is 9.18 Å². The summed E-state index contributed by atoms with van der Waals surface area (Å²) in [7, 11) is 0. The SMILES string of the molecule is O=C(COc1ccccc1)Nc1ccc(Nc2cccc(F)c2)cn1. The second-order valence-electron chi connectivity index (χ2n) is 5.22. The standard InChI is InChI=1S/C19H16FN3O2/c20-14-5-4-6-15(11-14)22-16-9-10-18(21-12-16)23-19(24)13-25-17-7-2-1-3-8-17/h1-12,22H,13H2,(H,21,23,24). The monoisotopic (exact) mass is 337 g/mol. The van der Waals surface area contributed by atoms with Gasteiger partial charge in [0.05, 0.1) is 11.9 Å². The summed E-state index contributed by atoms with van der Waals surface area (Å²) in [6.07, 6.45) is 1.55. The number of rotatable bonds is 6. The highest BCUT2D eigenvalue weighted by Gasteiger charge is 2.05. The number of carbonyl (C=O) groups is 1.